The van der Waals surface area contributed by atoms with Crippen LogP contribution in [0.25, 0.3) is 17.2 Å². The van der Waals surface area contributed by atoms with Gasteiger partial charge in [-0.2, -0.15) is 5.10 Å². The van der Waals surface area contributed by atoms with Crippen LogP contribution in [0.3, 0.4) is 0 Å². The SMILES string of the molecule is C=C(C)Nc1c2c(cc(C)c1-c1ccnc(/C=C\N)c1)CCC2.Cc1cc2n(n1)CCO[C@@H]2C1CC1.[HH].[HH]. The van der Waals surface area contributed by atoms with E-state index >= 15 is 0 Å². The van der Waals surface area contributed by atoms with Gasteiger partial charge in [0.2, 0.25) is 0 Å². The highest BCUT2D eigenvalue weighted by Gasteiger charge is 2.37. The summed E-state index contributed by atoms with van der Waals surface area (Å²) in [6, 6.07) is 8.64. The number of rotatable bonds is 5. The molecular weight excluding hydrogens is 446 g/mol. The highest BCUT2D eigenvalue weighted by molar-refractivity contribution is 5.85. The molecule has 0 radical (unpaired) electrons. The summed E-state index contributed by atoms with van der Waals surface area (Å²) in [7, 11) is 0. The Balaban J connectivity index is 0.000000227. The maximum Gasteiger partial charge on any atom is 0.102 e. The third-order valence-electron chi connectivity index (χ3n) is 7.15. The number of aryl methyl sites for hydroxylation is 3. The summed E-state index contributed by atoms with van der Waals surface area (Å²) in [6.07, 6.45) is 11.7. The van der Waals surface area contributed by atoms with E-state index in [4.69, 9.17) is 10.5 Å². The quantitative estimate of drug-likeness (QED) is 0.425. The fourth-order valence-electron chi connectivity index (χ4n) is 5.51. The molecule has 1 aliphatic heterocycles. The van der Waals surface area contributed by atoms with Gasteiger partial charge in [-0.25, -0.2) is 0 Å². The Bertz CT molecular complexity index is 1310. The summed E-state index contributed by atoms with van der Waals surface area (Å²) in [5, 5.41) is 7.96. The number of fused-ring (bicyclic) bond motifs is 2. The minimum atomic E-state index is 0. The van der Waals surface area contributed by atoms with Crippen molar-refractivity contribution < 1.29 is 7.59 Å². The van der Waals surface area contributed by atoms with E-state index in [0.29, 0.717) is 6.10 Å². The topological polar surface area (TPSA) is 78.0 Å². The van der Waals surface area contributed by atoms with Crippen molar-refractivity contribution in [3.63, 3.8) is 0 Å². The minimum absolute atomic E-state index is 0. The molecule has 6 nitrogen and oxygen atoms in total. The first-order chi connectivity index (χ1) is 17.4. The molecule has 0 saturated heterocycles. The van der Waals surface area contributed by atoms with Crippen molar-refractivity contribution in [1.29, 1.82) is 0 Å². The molecule has 3 N–H and O–H groups in total. The van der Waals surface area contributed by atoms with Gasteiger partial charge in [-0.1, -0.05) is 12.6 Å². The lowest BCUT2D eigenvalue weighted by atomic mass is 9.92. The molecule has 2 aromatic heterocycles. The van der Waals surface area contributed by atoms with Gasteiger partial charge in [0.15, 0.2) is 0 Å². The van der Waals surface area contributed by atoms with E-state index in [-0.39, 0.29) is 2.85 Å². The largest absolute Gasteiger partial charge is 0.405 e. The zero-order valence-corrected chi connectivity index (χ0v) is 21.7. The second-order valence-corrected chi connectivity index (χ2v) is 10.2. The molecule has 3 aromatic rings. The van der Waals surface area contributed by atoms with Crippen LogP contribution in [0.4, 0.5) is 5.69 Å². The number of aromatic nitrogens is 3. The van der Waals surface area contributed by atoms with Crippen LogP contribution in [0.2, 0.25) is 0 Å². The zero-order chi connectivity index (χ0) is 25.2. The molecule has 6 heteroatoms. The molecule has 36 heavy (non-hydrogen) atoms. The molecule has 2 aliphatic carbocycles. The summed E-state index contributed by atoms with van der Waals surface area (Å²) in [6.45, 7) is 12.0. The number of hydrogen-bond donors (Lipinski definition) is 2. The number of ether oxygens (including phenoxy) is 1. The van der Waals surface area contributed by atoms with Crippen molar-refractivity contribution in [3.05, 3.63) is 82.7 Å². The van der Waals surface area contributed by atoms with Crippen LogP contribution in [0, 0.1) is 19.8 Å². The Kier molecular flexibility index (Phi) is 6.97. The van der Waals surface area contributed by atoms with Gasteiger partial charge in [-0.15, -0.1) is 0 Å². The van der Waals surface area contributed by atoms with E-state index in [1.54, 1.807) is 0 Å². The molecule has 1 aromatic carbocycles. The zero-order valence-electron chi connectivity index (χ0n) is 21.7. The van der Waals surface area contributed by atoms with Crippen LogP contribution in [0.5, 0.6) is 0 Å². The molecule has 1 saturated carbocycles. The summed E-state index contributed by atoms with van der Waals surface area (Å²) in [4.78, 5) is 4.34. The summed E-state index contributed by atoms with van der Waals surface area (Å²) >= 11 is 0. The molecular formula is C30H41N5O. The highest BCUT2D eigenvalue weighted by Crippen LogP contribution is 2.44. The van der Waals surface area contributed by atoms with Gasteiger partial charge < -0.3 is 15.8 Å². The lowest BCUT2D eigenvalue weighted by Gasteiger charge is -2.23. The van der Waals surface area contributed by atoms with Crippen LogP contribution < -0.4 is 11.1 Å². The summed E-state index contributed by atoms with van der Waals surface area (Å²) in [5.74, 6) is 0.773. The number of allylic oxidation sites excluding steroid dienone is 1. The van der Waals surface area contributed by atoms with Crippen molar-refractivity contribution in [2.24, 2.45) is 11.7 Å². The van der Waals surface area contributed by atoms with Gasteiger partial charge in [0, 0.05) is 26.0 Å². The van der Waals surface area contributed by atoms with Gasteiger partial charge in [-0.3, -0.25) is 9.67 Å². The van der Waals surface area contributed by atoms with Crippen LogP contribution in [0.1, 0.15) is 68.9 Å². The molecule has 3 heterocycles. The van der Waals surface area contributed by atoms with Crippen molar-refractivity contribution in [2.75, 3.05) is 11.9 Å². The van der Waals surface area contributed by atoms with Crippen LogP contribution >= 0.6 is 0 Å². The maximum atomic E-state index is 5.78. The van der Waals surface area contributed by atoms with Gasteiger partial charge in [0.05, 0.1) is 30.2 Å². The Hall–Kier alpha value is -3.38. The van der Waals surface area contributed by atoms with E-state index in [2.05, 4.69) is 64.8 Å². The number of benzene rings is 1. The average molecular weight is 488 g/mol. The summed E-state index contributed by atoms with van der Waals surface area (Å²) < 4.78 is 7.89. The van der Waals surface area contributed by atoms with Crippen molar-refractivity contribution in [2.45, 2.75) is 65.5 Å². The fourth-order valence-corrected chi connectivity index (χ4v) is 5.51. The smallest absolute Gasteiger partial charge is 0.102 e. The minimum Gasteiger partial charge on any atom is -0.405 e. The second-order valence-electron chi connectivity index (χ2n) is 10.2. The predicted molar refractivity (Wildman–Crippen MR) is 151 cm³/mol. The molecule has 0 amide bonds. The Morgan fingerprint density at radius 3 is 2.83 bits per heavy atom. The molecule has 3 aliphatic rings. The maximum absolute atomic E-state index is 5.78. The number of hydrogen-bond acceptors (Lipinski definition) is 5. The van der Waals surface area contributed by atoms with Crippen LogP contribution in [-0.4, -0.2) is 21.4 Å². The standard InChI is InChI=1S/C20H23N3.C10H14N2O.2H2/c1-13(2)23-20-18-6-4-5-15(18)11-14(3)19(20)16-8-10-22-17(12-16)7-9-21;1-7-6-9-10(8-2-3-8)13-5-4-12(9)11-7;;/h7-12,23H,1,4-6,21H2,2-3H3;6,8,10H,2-5H2,1H3;2*1H/b9-7-;;;/t;10-;;/m.1../s1. The van der Waals surface area contributed by atoms with Crippen molar-refractivity contribution >= 4 is 11.8 Å². The Morgan fingerprint density at radius 1 is 1.25 bits per heavy atom. The number of anilines is 1. The normalized spacial score (nSPS) is 18.4. The van der Waals surface area contributed by atoms with E-state index in [9.17, 15) is 0 Å². The van der Waals surface area contributed by atoms with E-state index in [1.807, 2.05) is 19.2 Å². The first-order valence-corrected chi connectivity index (χ1v) is 13.0. The molecule has 6 rings (SSSR count). The lowest BCUT2D eigenvalue weighted by molar-refractivity contribution is 0.00279. The highest BCUT2D eigenvalue weighted by atomic mass is 16.5. The van der Waals surface area contributed by atoms with E-state index < -0.39 is 0 Å². The second kappa shape index (κ2) is 10.3. The number of nitrogens with two attached hydrogens (primary N) is 1. The molecule has 1 atom stereocenters. The third-order valence-corrected chi connectivity index (χ3v) is 7.15. The molecule has 0 unspecified atom stereocenters. The fraction of sp³-hybridized carbons (Fsp3) is 0.400. The van der Waals surface area contributed by atoms with Gasteiger partial charge in [-0.05, 0) is 112 Å². The number of pyridine rings is 1. The van der Waals surface area contributed by atoms with Crippen molar-refractivity contribution in [3.8, 4) is 11.1 Å². The van der Waals surface area contributed by atoms with Gasteiger partial charge >= 0.3 is 0 Å². The molecule has 0 bridgehead atoms. The van der Waals surface area contributed by atoms with Gasteiger partial charge in [0.25, 0.3) is 0 Å². The lowest BCUT2D eigenvalue weighted by Crippen LogP contribution is -2.23. The van der Waals surface area contributed by atoms with Crippen LogP contribution in [0.15, 0.2) is 48.9 Å². The molecule has 1 fully saturated rings. The first-order valence-electron chi connectivity index (χ1n) is 13.0. The van der Waals surface area contributed by atoms with E-state index in [1.165, 1.54) is 65.5 Å². The Morgan fingerprint density at radius 2 is 2.08 bits per heavy atom. The summed E-state index contributed by atoms with van der Waals surface area (Å²) in [5.41, 5.74) is 17.5. The van der Waals surface area contributed by atoms with Gasteiger partial charge in [0.1, 0.15) is 6.10 Å². The first kappa shape index (κ1) is 24.3. The van der Waals surface area contributed by atoms with Crippen LogP contribution in [-0.2, 0) is 24.1 Å². The van der Waals surface area contributed by atoms with E-state index in [0.717, 1.165) is 48.1 Å². The average Bonchev–Trinajstić information content (AvgIpc) is 3.45. The monoisotopic (exact) mass is 487 g/mol. The third kappa shape index (κ3) is 5.09. The number of nitrogens with one attached hydrogen (secondary N) is 1. The predicted octanol–water partition coefficient (Wildman–Crippen LogP) is 6.59. The molecule has 0 spiro atoms. The Labute approximate surface area is 217 Å². The van der Waals surface area contributed by atoms with Crippen molar-refractivity contribution in [1.82, 2.24) is 14.8 Å². The number of nitrogens with zero attached hydrogens (tertiary/aromatic N) is 3. The molecule has 192 valence electrons.